The Labute approximate surface area is 161 Å². The highest BCUT2D eigenvalue weighted by molar-refractivity contribution is 6.31. The van der Waals surface area contributed by atoms with Gasteiger partial charge in [-0.2, -0.15) is 0 Å². The number of nitrogens with zero attached hydrogens (tertiary/aromatic N) is 4. The zero-order valence-electron chi connectivity index (χ0n) is 14.9. The molecule has 1 fully saturated rings. The van der Waals surface area contributed by atoms with Crippen LogP contribution in [0.2, 0.25) is 5.02 Å². The summed E-state index contributed by atoms with van der Waals surface area (Å²) in [4.78, 5) is 36.3. The minimum atomic E-state index is -0.600. The zero-order chi connectivity index (χ0) is 19.0. The molecule has 140 valence electrons. The van der Waals surface area contributed by atoms with Crippen molar-refractivity contribution in [3.63, 3.8) is 0 Å². The molecule has 0 saturated carbocycles. The number of pyridine rings is 1. The highest BCUT2D eigenvalue weighted by Crippen LogP contribution is 2.22. The van der Waals surface area contributed by atoms with Crippen molar-refractivity contribution < 1.29 is 4.79 Å². The number of fused-ring (bicyclic) bond motifs is 1. The molecule has 3 aromatic rings. The predicted molar refractivity (Wildman–Crippen MR) is 105 cm³/mol. The molecule has 1 unspecified atom stereocenters. The number of hydrogen-bond donors (Lipinski definition) is 1. The Bertz CT molecular complexity index is 1020. The van der Waals surface area contributed by atoms with Crippen LogP contribution >= 0.6 is 11.6 Å². The average molecular weight is 386 g/mol. The van der Waals surface area contributed by atoms with Gasteiger partial charge >= 0.3 is 5.69 Å². The predicted octanol–water partition coefficient (Wildman–Crippen LogP) is 2.29. The Hall–Kier alpha value is -2.80. The van der Waals surface area contributed by atoms with E-state index in [4.69, 9.17) is 11.6 Å². The molecule has 1 aromatic carbocycles. The van der Waals surface area contributed by atoms with E-state index in [-0.39, 0.29) is 11.6 Å². The maximum absolute atomic E-state index is 13.0. The first-order valence-electron chi connectivity index (χ1n) is 8.88. The topological polar surface area (TPSA) is 74.2 Å². The van der Waals surface area contributed by atoms with Crippen LogP contribution in [0.1, 0.15) is 13.0 Å². The first-order valence-corrected chi connectivity index (χ1v) is 9.26. The van der Waals surface area contributed by atoms with Crippen LogP contribution < -0.4 is 10.6 Å². The summed E-state index contributed by atoms with van der Waals surface area (Å²) in [6.07, 6.45) is 3.53. The lowest BCUT2D eigenvalue weighted by Crippen LogP contribution is -2.50. The van der Waals surface area contributed by atoms with E-state index in [9.17, 15) is 9.59 Å². The van der Waals surface area contributed by atoms with E-state index in [1.54, 1.807) is 37.5 Å². The molecule has 1 aliphatic heterocycles. The molecular weight excluding hydrogens is 366 g/mol. The SMILES string of the molecule is CC(C(=O)N1CCN(c2ccncc2)CC1)n1c(=O)[nH]c2ccc(Cl)cc21. The van der Waals surface area contributed by atoms with Crippen LogP contribution in [0.4, 0.5) is 5.69 Å². The fourth-order valence-electron chi connectivity index (χ4n) is 3.59. The Morgan fingerprint density at radius 1 is 1.15 bits per heavy atom. The van der Waals surface area contributed by atoms with Gasteiger partial charge in [-0.1, -0.05) is 11.6 Å². The van der Waals surface area contributed by atoms with Crippen LogP contribution in [0, 0.1) is 0 Å². The van der Waals surface area contributed by atoms with E-state index in [2.05, 4.69) is 14.9 Å². The summed E-state index contributed by atoms with van der Waals surface area (Å²) in [7, 11) is 0. The van der Waals surface area contributed by atoms with E-state index in [0.29, 0.717) is 29.1 Å². The minimum absolute atomic E-state index is 0.0626. The summed E-state index contributed by atoms with van der Waals surface area (Å²) in [6.45, 7) is 4.48. The minimum Gasteiger partial charge on any atom is -0.368 e. The van der Waals surface area contributed by atoms with Crippen molar-refractivity contribution in [1.29, 1.82) is 0 Å². The molecule has 1 amide bonds. The smallest absolute Gasteiger partial charge is 0.327 e. The average Bonchev–Trinajstić information content (AvgIpc) is 3.02. The number of anilines is 1. The van der Waals surface area contributed by atoms with Crippen LogP contribution in [0.25, 0.3) is 11.0 Å². The Balaban J connectivity index is 1.52. The highest BCUT2D eigenvalue weighted by atomic mass is 35.5. The first kappa shape index (κ1) is 17.6. The lowest BCUT2D eigenvalue weighted by atomic mass is 10.2. The molecule has 2 aromatic heterocycles. The number of rotatable bonds is 3. The number of halogens is 1. The number of hydrogen-bond acceptors (Lipinski definition) is 4. The molecular formula is C19H20ClN5O2. The molecule has 27 heavy (non-hydrogen) atoms. The highest BCUT2D eigenvalue weighted by Gasteiger charge is 2.28. The third-order valence-corrected chi connectivity index (χ3v) is 5.28. The molecule has 4 rings (SSSR count). The third-order valence-electron chi connectivity index (χ3n) is 5.04. The maximum Gasteiger partial charge on any atom is 0.327 e. The summed E-state index contributed by atoms with van der Waals surface area (Å²) >= 11 is 6.07. The van der Waals surface area contributed by atoms with Crippen LogP contribution in [0.3, 0.4) is 0 Å². The van der Waals surface area contributed by atoms with Gasteiger partial charge in [-0.3, -0.25) is 14.3 Å². The lowest BCUT2D eigenvalue weighted by Gasteiger charge is -2.37. The van der Waals surface area contributed by atoms with Crippen molar-refractivity contribution in [2.75, 3.05) is 31.1 Å². The van der Waals surface area contributed by atoms with Gasteiger partial charge < -0.3 is 14.8 Å². The van der Waals surface area contributed by atoms with Crippen molar-refractivity contribution in [1.82, 2.24) is 19.4 Å². The van der Waals surface area contributed by atoms with Crippen LogP contribution in [-0.4, -0.2) is 51.5 Å². The van der Waals surface area contributed by atoms with Gasteiger partial charge in [0, 0.05) is 49.3 Å². The van der Waals surface area contributed by atoms with E-state index in [0.717, 1.165) is 18.8 Å². The lowest BCUT2D eigenvalue weighted by molar-refractivity contribution is -0.134. The number of imidazole rings is 1. The van der Waals surface area contributed by atoms with E-state index in [1.807, 2.05) is 17.0 Å². The number of piperazine rings is 1. The zero-order valence-corrected chi connectivity index (χ0v) is 15.7. The van der Waals surface area contributed by atoms with Crippen molar-refractivity contribution in [2.45, 2.75) is 13.0 Å². The second-order valence-corrected chi connectivity index (χ2v) is 7.09. The number of aromatic amines is 1. The number of carbonyl (C=O) groups excluding carboxylic acids is 1. The number of benzene rings is 1. The number of aromatic nitrogens is 3. The summed E-state index contributed by atoms with van der Waals surface area (Å²) in [6, 6.07) is 8.51. The van der Waals surface area contributed by atoms with Gasteiger partial charge in [0.05, 0.1) is 11.0 Å². The van der Waals surface area contributed by atoms with Crippen LogP contribution in [-0.2, 0) is 4.79 Å². The number of nitrogens with one attached hydrogen (secondary N) is 1. The normalized spacial score (nSPS) is 15.9. The molecule has 7 nitrogen and oxygen atoms in total. The fourth-order valence-corrected chi connectivity index (χ4v) is 3.76. The fraction of sp³-hybridized carbons (Fsp3) is 0.316. The quantitative estimate of drug-likeness (QED) is 0.750. The molecule has 1 atom stereocenters. The molecule has 3 heterocycles. The van der Waals surface area contributed by atoms with Gasteiger partial charge in [-0.05, 0) is 37.3 Å². The van der Waals surface area contributed by atoms with Crippen LogP contribution in [0.5, 0.6) is 0 Å². The summed E-state index contributed by atoms with van der Waals surface area (Å²) in [5.41, 5.74) is 2.12. The van der Waals surface area contributed by atoms with E-state index < -0.39 is 6.04 Å². The van der Waals surface area contributed by atoms with E-state index in [1.165, 1.54) is 4.57 Å². The third kappa shape index (κ3) is 3.30. The summed E-state index contributed by atoms with van der Waals surface area (Å²) in [5.74, 6) is -0.0626. The molecule has 8 heteroatoms. The number of amides is 1. The first-order chi connectivity index (χ1) is 13.0. The number of carbonyl (C=O) groups is 1. The molecule has 1 saturated heterocycles. The Morgan fingerprint density at radius 2 is 1.85 bits per heavy atom. The van der Waals surface area contributed by atoms with Gasteiger partial charge in [-0.15, -0.1) is 0 Å². The van der Waals surface area contributed by atoms with Crippen molar-refractivity contribution >= 4 is 34.2 Å². The maximum atomic E-state index is 13.0. The molecule has 1 N–H and O–H groups in total. The van der Waals surface area contributed by atoms with Gasteiger partial charge in [0.2, 0.25) is 5.91 Å². The van der Waals surface area contributed by atoms with Crippen molar-refractivity contribution in [2.24, 2.45) is 0 Å². The number of H-pyrrole nitrogens is 1. The summed E-state index contributed by atoms with van der Waals surface area (Å²) in [5, 5.41) is 0.529. The molecule has 0 aliphatic carbocycles. The van der Waals surface area contributed by atoms with Crippen molar-refractivity contribution in [3.8, 4) is 0 Å². The van der Waals surface area contributed by atoms with E-state index >= 15 is 0 Å². The Kier molecular flexibility index (Phi) is 4.61. The monoisotopic (exact) mass is 385 g/mol. The van der Waals surface area contributed by atoms with Gasteiger partial charge in [0.1, 0.15) is 6.04 Å². The standard InChI is InChI=1S/C19H20ClN5O2/c1-13(25-17-12-14(20)2-3-16(17)22-19(25)27)18(26)24-10-8-23(9-11-24)15-4-6-21-7-5-15/h2-7,12-13H,8-11H2,1H3,(H,22,27). The molecule has 0 bridgehead atoms. The summed E-state index contributed by atoms with van der Waals surface area (Å²) < 4.78 is 1.48. The molecule has 0 spiro atoms. The van der Waals surface area contributed by atoms with Crippen LogP contribution in [0.15, 0.2) is 47.5 Å². The molecule has 1 aliphatic rings. The van der Waals surface area contributed by atoms with Gasteiger partial charge in [-0.25, -0.2) is 4.79 Å². The second kappa shape index (κ2) is 7.08. The van der Waals surface area contributed by atoms with Crippen molar-refractivity contribution in [3.05, 3.63) is 58.2 Å². The molecule has 0 radical (unpaired) electrons. The van der Waals surface area contributed by atoms with Gasteiger partial charge in [0.15, 0.2) is 0 Å². The second-order valence-electron chi connectivity index (χ2n) is 6.66. The largest absolute Gasteiger partial charge is 0.368 e. The van der Waals surface area contributed by atoms with Gasteiger partial charge in [0.25, 0.3) is 0 Å². The Morgan fingerprint density at radius 3 is 2.56 bits per heavy atom.